The number of benzene rings is 1. The predicted octanol–water partition coefficient (Wildman–Crippen LogP) is 2.73. The summed E-state index contributed by atoms with van der Waals surface area (Å²) in [6, 6.07) is 13.0. The first-order valence-electron chi connectivity index (χ1n) is 9.08. The molecule has 1 aliphatic heterocycles. The number of amides is 1. The number of aliphatic hydroxyl groups excluding tert-OH is 1. The fourth-order valence-corrected chi connectivity index (χ4v) is 3.22. The van der Waals surface area contributed by atoms with E-state index in [0.717, 1.165) is 17.0 Å². The van der Waals surface area contributed by atoms with Crippen molar-refractivity contribution in [3.05, 3.63) is 70.9 Å². The van der Waals surface area contributed by atoms with Crippen LogP contribution in [0.4, 0.5) is 0 Å². The van der Waals surface area contributed by atoms with Crippen molar-refractivity contribution in [1.82, 2.24) is 19.8 Å². The van der Waals surface area contributed by atoms with Crippen LogP contribution < -0.4 is 0 Å². The molecule has 1 N–H and O–H groups in total. The summed E-state index contributed by atoms with van der Waals surface area (Å²) in [6.45, 7) is 5.54. The van der Waals surface area contributed by atoms with Gasteiger partial charge in [0.1, 0.15) is 6.10 Å². The van der Waals surface area contributed by atoms with E-state index in [-0.39, 0.29) is 17.6 Å². The van der Waals surface area contributed by atoms with Gasteiger partial charge in [0.05, 0.1) is 30.2 Å². The molecule has 1 aromatic carbocycles. The van der Waals surface area contributed by atoms with E-state index in [1.165, 1.54) is 0 Å². The van der Waals surface area contributed by atoms with Crippen molar-refractivity contribution < 1.29 is 14.4 Å². The molecule has 0 fully saturated rings. The Labute approximate surface area is 157 Å². The Morgan fingerprint density at radius 1 is 1.15 bits per heavy atom. The van der Waals surface area contributed by atoms with E-state index < -0.39 is 6.10 Å². The maximum absolute atomic E-state index is 12.7. The Balaban J connectivity index is 1.51. The maximum atomic E-state index is 12.7. The molecule has 0 saturated carbocycles. The molecule has 27 heavy (non-hydrogen) atoms. The summed E-state index contributed by atoms with van der Waals surface area (Å²) in [7, 11) is 0. The topological polar surface area (TPSA) is 84.4 Å². The van der Waals surface area contributed by atoms with Gasteiger partial charge in [-0.3, -0.25) is 9.48 Å². The van der Waals surface area contributed by atoms with E-state index in [0.29, 0.717) is 25.3 Å². The first-order valence-corrected chi connectivity index (χ1v) is 9.08. The fraction of sp³-hybridized carbons (Fsp3) is 0.350. The largest absolute Gasteiger partial charge is 0.382 e. The van der Waals surface area contributed by atoms with Gasteiger partial charge in [-0.2, -0.15) is 5.10 Å². The Kier molecular flexibility index (Phi) is 4.53. The lowest BCUT2D eigenvalue weighted by Gasteiger charge is -2.26. The van der Waals surface area contributed by atoms with Gasteiger partial charge in [0, 0.05) is 12.6 Å². The lowest BCUT2D eigenvalue weighted by Crippen LogP contribution is -2.38. The molecule has 140 valence electrons. The molecule has 0 saturated heterocycles. The molecule has 0 spiro atoms. The minimum atomic E-state index is -0.781. The van der Waals surface area contributed by atoms with E-state index in [1.54, 1.807) is 11.0 Å². The molecule has 3 heterocycles. The lowest BCUT2D eigenvalue weighted by molar-refractivity contribution is 0.0663. The van der Waals surface area contributed by atoms with Gasteiger partial charge in [-0.1, -0.05) is 49.3 Å². The van der Waals surface area contributed by atoms with Crippen LogP contribution in [0.5, 0.6) is 0 Å². The number of carbonyl (C=O) groups excluding carboxylic acids is 1. The molecule has 1 aliphatic rings. The highest BCUT2D eigenvalue weighted by Gasteiger charge is 2.27. The van der Waals surface area contributed by atoms with Crippen molar-refractivity contribution in [2.24, 2.45) is 0 Å². The fourth-order valence-electron chi connectivity index (χ4n) is 3.22. The number of nitrogens with zero attached hydrogens (tertiary/aromatic N) is 4. The molecule has 0 unspecified atom stereocenters. The smallest absolute Gasteiger partial charge is 0.292 e. The van der Waals surface area contributed by atoms with Gasteiger partial charge >= 0.3 is 0 Å². The third-order valence-electron chi connectivity index (χ3n) is 4.83. The zero-order valence-corrected chi connectivity index (χ0v) is 15.4. The summed E-state index contributed by atoms with van der Waals surface area (Å²) < 4.78 is 7.08. The number of aliphatic hydroxyl groups is 1. The third kappa shape index (κ3) is 3.38. The van der Waals surface area contributed by atoms with Gasteiger partial charge in [0.25, 0.3) is 5.91 Å². The van der Waals surface area contributed by atoms with E-state index >= 15 is 0 Å². The van der Waals surface area contributed by atoms with E-state index in [4.69, 9.17) is 4.52 Å². The maximum Gasteiger partial charge on any atom is 0.292 e. The third-order valence-corrected chi connectivity index (χ3v) is 4.83. The van der Waals surface area contributed by atoms with Crippen molar-refractivity contribution in [2.75, 3.05) is 6.54 Å². The summed E-state index contributed by atoms with van der Waals surface area (Å²) >= 11 is 0. The minimum Gasteiger partial charge on any atom is -0.382 e. The highest BCUT2D eigenvalue weighted by molar-refractivity contribution is 5.91. The van der Waals surface area contributed by atoms with Gasteiger partial charge in [0.15, 0.2) is 0 Å². The SMILES string of the molecule is CC(C)c1cc(C(=O)N2CCn3nc([C@H](O)c4ccccc4)cc3C2)on1. The molecule has 1 atom stereocenters. The zero-order valence-electron chi connectivity index (χ0n) is 15.4. The number of fused-ring (bicyclic) bond motifs is 1. The van der Waals surface area contributed by atoms with Gasteiger partial charge in [-0.05, 0) is 17.5 Å². The highest BCUT2D eigenvalue weighted by Crippen LogP contribution is 2.24. The van der Waals surface area contributed by atoms with Gasteiger partial charge in [-0.25, -0.2) is 0 Å². The second-order valence-electron chi connectivity index (χ2n) is 7.09. The number of carbonyl (C=O) groups is 1. The average molecular weight is 366 g/mol. The van der Waals surface area contributed by atoms with E-state index in [9.17, 15) is 9.90 Å². The molecule has 4 rings (SSSR count). The van der Waals surface area contributed by atoms with Crippen LogP contribution in [0.2, 0.25) is 0 Å². The normalized spacial score (nSPS) is 15.0. The number of aromatic nitrogens is 3. The molecule has 3 aromatic rings. The van der Waals surface area contributed by atoms with Crippen LogP contribution in [-0.2, 0) is 13.1 Å². The highest BCUT2D eigenvalue weighted by atomic mass is 16.5. The molecule has 7 heteroatoms. The molecular weight excluding hydrogens is 344 g/mol. The van der Waals surface area contributed by atoms with Crippen molar-refractivity contribution in [2.45, 2.75) is 39.0 Å². The first-order chi connectivity index (χ1) is 13.0. The second kappa shape index (κ2) is 7.00. The molecule has 0 aliphatic carbocycles. The van der Waals surface area contributed by atoms with Crippen LogP contribution >= 0.6 is 0 Å². The molecule has 2 aromatic heterocycles. The van der Waals surface area contributed by atoms with Crippen LogP contribution in [0.25, 0.3) is 0 Å². The second-order valence-corrected chi connectivity index (χ2v) is 7.09. The number of rotatable bonds is 4. The Morgan fingerprint density at radius 3 is 2.63 bits per heavy atom. The molecule has 0 radical (unpaired) electrons. The number of hydrogen-bond donors (Lipinski definition) is 1. The van der Waals surface area contributed by atoms with Gasteiger partial charge in [0.2, 0.25) is 5.76 Å². The monoisotopic (exact) mass is 366 g/mol. The summed E-state index contributed by atoms with van der Waals surface area (Å²) in [5.74, 6) is 0.295. The van der Waals surface area contributed by atoms with Gasteiger partial charge < -0.3 is 14.5 Å². The summed E-state index contributed by atoms with van der Waals surface area (Å²) in [5, 5.41) is 19.0. The number of hydrogen-bond acceptors (Lipinski definition) is 5. The van der Waals surface area contributed by atoms with E-state index in [2.05, 4.69) is 10.3 Å². The Hall–Kier alpha value is -2.93. The van der Waals surface area contributed by atoms with Crippen molar-refractivity contribution in [1.29, 1.82) is 0 Å². The van der Waals surface area contributed by atoms with E-state index in [1.807, 2.05) is 54.9 Å². The van der Waals surface area contributed by atoms with Crippen molar-refractivity contribution in [3.63, 3.8) is 0 Å². The molecule has 1 amide bonds. The van der Waals surface area contributed by atoms with Crippen LogP contribution in [0.1, 0.15) is 59.1 Å². The lowest BCUT2D eigenvalue weighted by atomic mass is 10.1. The van der Waals surface area contributed by atoms with Crippen LogP contribution in [0.15, 0.2) is 47.0 Å². The molecule has 0 bridgehead atoms. The van der Waals surface area contributed by atoms with Crippen molar-refractivity contribution in [3.8, 4) is 0 Å². The quantitative estimate of drug-likeness (QED) is 0.767. The first kappa shape index (κ1) is 17.5. The summed E-state index contributed by atoms with van der Waals surface area (Å²) in [5.41, 5.74) is 3.05. The van der Waals surface area contributed by atoms with Gasteiger partial charge in [-0.15, -0.1) is 0 Å². The average Bonchev–Trinajstić information content (AvgIpc) is 3.34. The minimum absolute atomic E-state index is 0.174. The van der Waals surface area contributed by atoms with Crippen LogP contribution in [0.3, 0.4) is 0 Å². The van der Waals surface area contributed by atoms with Crippen molar-refractivity contribution >= 4 is 5.91 Å². The van der Waals surface area contributed by atoms with Crippen LogP contribution in [0, 0.1) is 0 Å². The molecular formula is C20H22N4O3. The summed E-state index contributed by atoms with van der Waals surface area (Å²) in [4.78, 5) is 14.4. The Bertz CT molecular complexity index is 945. The van der Waals surface area contributed by atoms with Crippen LogP contribution in [-0.4, -0.2) is 37.4 Å². The Morgan fingerprint density at radius 2 is 1.93 bits per heavy atom. The predicted molar refractivity (Wildman–Crippen MR) is 98.1 cm³/mol. The standard InChI is InChI=1S/C20H22N4O3/c1-13(2)16-11-18(27-22-16)20(26)23-8-9-24-15(12-23)10-17(21-24)19(25)14-6-4-3-5-7-14/h3-7,10-11,13,19,25H,8-9,12H2,1-2H3/t19-/m1/s1. The summed E-state index contributed by atoms with van der Waals surface area (Å²) in [6.07, 6.45) is -0.781. The molecule has 7 nitrogen and oxygen atoms in total. The zero-order chi connectivity index (χ0) is 19.0.